The number of para-hydroxylation sites is 1. The number of carbonyl (C=O) groups is 1. The standard InChI is InChI=1S/C23H21NO3/c1-15-7-6-8-16(13-25)22(15)24-23(26)27-14-21-19-11-4-2-9-17(19)18-10-3-5-12-20(18)21/h2-12,21,25H,13-14H2,1H3,(H,24,26). The number of carbonyl (C=O) groups excluding carboxylic acids is 1. The van der Waals surface area contributed by atoms with E-state index in [0.717, 1.165) is 5.56 Å². The molecule has 0 aliphatic heterocycles. The second-order valence-electron chi connectivity index (χ2n) is 6.72. The van der Waals surface area contributed by atoms with Gasteiger partial charge in [-0.3, -0.25) is 5.32 Å². The Balaban J connectivity index is 1.52. The largest absolute Gasteiger partial charge is 0.448 e. The van der Waals surface area contributed by atoms with Crippen LogP contribution in [0.25, 0.3) is 11.1 Å². The molecule has 4 rings (SSSR count). The van der Waals surface area contributed by atoms with E-state index < -0.39 is 6.09 Å². The fourth-order valence-corrected chi connectivity index (χ4v) is 3.78. The van der Waals surface area contributed by atoms with Crippen molar-refractivity contribution in [2.24, 2.45) is 0 Å². The molecule has 136 valence electrons. The minimum Gasteiger partial charge on any atom is -0.448 e. The first-order chi connectivity index (χ1) is 13.2. The highest BCUT2D eigenvalue weighted by Crippen LogP contribution is 2.44. The first-order valence-electron chi connectivity index (χ1n) is 9.00. The molecule has 0 saturated carbocycles. The molecule has 2 N–H and O–H groups in total. The minimum absolute atomic E-state index is 0.0253. The highest BCUT2D eigenvalue weighted by molar-refractivity contribution is 5.87. The predicted molar refractivity (Wildman–Crippen MR) is 106 cm³/mol. The van der Waals surface area contributed by atoms with Gasteiger partial charge in [0, 0.05) is 11.5 Å². The summed E-state index contributed by atoms with van der Waals surface area (Å²) in [5.74, 6) is 0.0253. The van der Waals surface area contributed by atoms with Gasteiger partial charge in [0.15, 0.2) is 0 Å². The summed E-state index contributed by atoms with van der Waals surface area (Å²) in [6.07, 6.45) is -0.513. The molecule has 4 heteroatoms. The van der Waals surface area contributed by atoms with Crippen LogP contribution in [0.15, 0.2) is 66.7 Å². The molecular weight excluding hydrogens is 338 g/mol. The Morgan fingerprint density at radius 2 is 1.59 bits per heavy atom. The summed E-state index contributed by atoms with van der Waals surface area (Å²) in [4.78, 5) is 12.4. The zero-order valence-electron chi connectivity index (χ0n) is 15.1. The minimum atomic E-state index is -0.513. The lowest BCUT2D eigenvalue weighted by Gasteiger charge is -2.16. The van der Waals surface area contributed by atoms with E-state index >= 15 is 0 Å². The molecule has 0 unspecified atom stereocenters. The number of aryl methyl sites for hydroxylation is 1. The number of anilines is 1. The molecule has 3 aromatic rings. The summed E-state index contributed by atoms with van der Waals surface area (Å²) in [5, 5.41) is 12.3. The maximum atomic E-state index is 12.4. The average Bonchev–Trinajstić information content (AvgIpc) is 3.02. The van der Waals surface area contributed by atoms with Crippen molar-refractivity contribution in [3.05, 3.63) is 89.0 Å². The van der Waals surface area contributed by atoms with Crippen LogP contribution in [0.1, 0.15) is 28.2 Å². The number of fused-ring (bicyclic) bond motifs is 3. The van der Waals surface area contributed by atoms with Gasteiger partial charge in [-0.2, -0.15) is 0 Å². The van der Waals surface area contributed by atoms with Crippen LogP contribution in [0.3, 0.4) is 0 Å². The molecular formula is C23H21NO3. The van der Waals surface area contributed by atoms with E-state index in [9.17, 15) is 9.90 Å². The molecule has 3 aromatic carbocycles. The summed E-state index contributed by atoms with van der Waals surface area (Å²) in [5.41, 5.74) is 6.92. The second kappa shape index (κ2) is 7.25. The molecule has 0 fully saturated rings. The van der Waals surface area contributed by atoms with E-state index in [2.05, 4.69) is 29.6 Å². The van der Waals surface area contributed by atoms with Gasteiger partial charge in [0.05, 0.1) is 12.3 Å². The number of hydrogen-bond donors (Lipinski definition) is 2. The number of rotatable bonds is 4. The van der Waals surface area contributed by atoms with Crippen LogP contribution >= 0.6 is 0 Å². The Labute approximate surface area is 158 Å². The summed E-state index contributed by atoms with van der Waals surface area (Å²) in [6, 6.07) is 22.0. The van der Waals surface area contributed by atoms with Gasteiger partial charge in [0.1, 0.15) is 6.61 Å². The number of nitrogens with one attached hydrogen (secondary N) is 1. The summed E-state index contributed by atoms with van der Waals surface area (Å²) in [6.45, 7) is 2.01. The lowest BCUT2D eigenvalue weighted by Crippen LogP contribution is -2.19. The normalized spacial score (nSPS) is 12.4. The van der Waals surface area contributed by atoms with Crippen molar-refractivity contribution >= 4 is 11.8 Å². The molecule has 1 amide bonds. The van der Waals surface area contributed by atoms with Crippen molar-refractivity contribution in [2.75, 3.05) is 11.9 Å². The van der Waals surface area contributed by atoms with Gasteiger partial charge in [0.25, 0.3) is 0 Å². The Kier molecular flexibility index (Phi) is 4.65. The molecule has 1 aliphatic rings. The topological polar surface area (TPSA) is 58.6 Å². The number of ether oxygens (including phenoxy) is 1. The number of amides is 1. The lowest BCUT2D eigenvalue weighted by atomic mass is 9.98. The van der Waals surface area contributed by atoms with Gasteiger partial charge in [-0.1, -0.05) is 66.7 Å². The molecule has 0 saturated heterocycles. The monoisotopic (exact) mass is 359 g/mol. The maximum Gasteiger partial charge on any atom is 0.411 e. The van der Waals surface area contributed by atoms with Crippen LogP contribution < -0.4 is 5.32 Å². The fraction of sp³-hybridized carbons (Fsp3) is 0.174. The summed E-state index contributed by atoms with van der Waals surface area (Å²) < 4.78 is 5.57. The Bertz CT molecular complexity index is 951. The Morgan fingerprint density at radius 3 is 2.22 bits per heavy atom. The molecule has 0 spiro atoms. The molecule has 0 heterocycles. The van der Waals surface area contributed by atoms with Crippen LogP contribution in [0.2, 0.25) is 0 Å². The first kappa shape index (κ1) is 17.3. The predicted octanol–water partition coefficient (Wildman–Crippen LogP) is 4.85. The number of hydrogen-bond acceptors (Lipinski definition) is 3. The van der Waals surface area contributed by atoms with Crippen molar-refractivity contribution in [2.45, 2.75) is 19.4 Å². The summed E-state index contributed by atoms with van der Waals surface area (Å²) in [7, 11) is 0. The van der Waals surface area contributed by atoms with E-state index in [4.69, 9.17) is 4.74 Å². The second-order valence-corrected chi connectivity index (χ2v) is 6.72. The van der Waals surface area contributed by atoms with Gasteiger partial charge < -0.3 is 9.84 Å². The number of aliphatic hydroxyl groups is 1. The van der Waals surface area contributed by atoms with Crippen molar-refractivity contribution in [3.63, 3.8) is 0 Å². The van der Waals surface area contributed by atoms with Crippen LogP contribution in [-0.2, 0) is 11.3 Å². The molecule has 1 aliphatic carbocycles. The van der Waals surface area contributed by atoms with E-state index in [-0.39, 0.29) is 19.1 Å². The average molecular weight is 359 g/mol. The van der Waals surface area contributed by atoms with Crippen LogP contribution in [-0.4, -0.2) is 17.8 Å². The quantitative estimate of drug-likeness (QED) is 0.700. The van der Waals surface area contributed by atoms with Gasteiger partial charge in [-0.25, -0.2) is 4.79 Å². The van der Waals surface area contributed by atoms with Gasteiger partial charge in [0.2, 0.25) is 0 Å². The van der Waals surface area contributed by atoms with Gasteiger partial charge in [-0.15, -0.1) is 0 Å². The SMILES string of the molecule is Cc1cccc(CO)c1NC(=O)OCC1c2ccccc2-c2ccccc21. The maximum absolute atomic E-state index is 12.4. The zero-order valence-corrected chi connectivity index (χ0v) is 15.1. The third-order valence-corrected chi connectivity index (χ3v) is 5.10. The van der Waals surface area contributed by atoms with Gasteiger partial charge in [-0.05, 0) is 34.7 Å². The molecule has 0 bridgehead atoms. The molecule has 4 nitrogen and oxygen atoms in total. The highest BCUT2D eigenvalue weighted by Gasteiger charge is 2.29. The molecule has 0 aromatic heterocycles. The molecule has 27 heavy (non-hydrogen) atoms. The van der Waals surface area contributed by atoms with Crippen molar-refractivity contribution in [1.82, 2.24) is 0 Å². The van der Waals surface area contributed by atoms with E-state index in [0.29, 0.717) is 11.3 Å². The number of aliphatic hydroxyl groups excluding tert-OH is 1. The fourth-order valence-electron chi connectivity index (χ4n) is 3.78. The van der Waals surface area contributed by atoms with E-state index in [1.54, 1.807) is 6.07 Å². The van der Waals surface area contributed by atoms with Gasteiger partial charge >= 0.3 is 6.09 Å². The third kappa shape index (κ3) is 3.20. The highest BCUT2D eigenvalue weighted by atomic mass is 16.5. The van der Waals surface area contributed by atoms with Crippen LogP contribution in [0.5, 0.6) is 0 Å². The lowest BCUT2D eigenvalue weighted by molar-refractivity contribution is 0.158. The van der Waals surface area contributed by atoms with Crippen LogP contribution in [0, 0.1) is 6.92 Å². The third-order valence-electron chi connectivity index (χ3n) is 5.10. The van der Waals surface area contributed by atoms with Crippen LogP contribution in [0.4, 0.5) is 10.5 Å². The van der Waals surface area contributed by atoms with Crippen molar-refractivity contribution < 1.29 is 14.6 Å². The molecule has 0 radical (unpaired) electrons. The van der Waals surface area contributed by atoms with Crippen molar-refractivity contribution in [1.29, 1.82) is 0 Å². The Morgan fingerprint density at radius 1 is 0.963 bits per heavy atom. The number of benzene rings is 3. The first-order valence-corrected chi connectivity index (χ1v) is 9.00. The molecule has 0 atom stereocenters. The van der Waals surface area contributed by atoms with Crippen molar-refractivity contribution in [3.8, 4) is 11.1 Å². The van der Waals surface area contributed by atoms with E-state index in [1.807, 2.05) is 43.3 Å². The van der Waals surface area contributed by atoms with E-state index in [1.165, 1.54) is 22.3 Å². The summed E-state index contributed by atoms with van der Waals surface area (Å²) >= 11 is 0. The zero-order chi connectivity index (χ0) is 18.8. The Hall–Kier alpha value is -3.11. The smallest absolute Gasteiger partial charge is 0.411 e.